The zero-order valence-corrected chi connectivity index (χ0v) is 16.6. The second kappa shape index (κ2) is 8.29. The second-order valence-corrected chi connectivity index (χ2v) is 7.42. The lowest BCUT2D eigenvalue weighted by atomic mass is 10.1. The van der Waals surface area contributed by atoms with E-state index < -0.39 is 0 Å². The van der Waals surface area contributed by atoms with Crippen LogP contribution in [-0.2, 0) is 6.54 Å². The van der Waals surface area contributed by atoms with Gasteiger partial charge in [-0.15, -0.1) is 0 Å². The fraction of sp³-hybridized carbons (Fsp3) is 0.188. The van der Waals surface area contributed by atoms with Crippen LogP contribution in [0.3, 0.4) is 0 Å². The van der Waals surface area contributed by atoms with Crippen LogP contribution in [0.1, 0.15) is 15.9 Å². The Morgan fingerprint density at radius 3 is 2.52 bits per heavy atom. The predicted molar refractivity (Wildman–Crippen MR) is 102 cm³/mol. The van der Waals surface area contributed by atoms with E-state index in [9.17, 15) is 4.79 Å². The maximum Gasteiger partial charge on any atom is 0.255 e. The number of carbonyl (C=O) groups excluding carboxylic acids is 1. The standard InChI is InChI=1S/C16H14Br2INO/c17-8-9-20(11-12-4-2-1-3-5-12)16(21)14-10-13(19)6-7-15(14)18/h1-7,10H,8-9,11H2. The molecule has 0 radical (unpaired) electrons. The van der Waals surface area contributed by atoms with Gasteiger partial charge in [0, 0.05) is 26.5 Å². The van der Waals surface area contributed by atoms with Crippen LogP contribution >= 0.6 is 54.5 Å². The van der Waals surface area contributed by atoms with E-state index in [1.54, 1.807) is 0 Å². The monoisotopic (exact) mass is 521 g/mol. The zero-order chi connectivity index (χ0) is 15.2. The minimum Gasteiger partial charge on any atom is -0.333 e. The second-order valence-electron chi connectivity index (χ2n) is 4.53. The van der Waals surface area contributed by atoms with E-state index >= 15 is 0 Å². The average molecular weight is 523 g/mol. The topological polar surface area (TPSA) is 20.3 Å². The maximum absolute atomic E-state index is 12.8. The third kappa shape index (κ3) is 4.79. The van der Waals surface area contributed by atoms with Gasteiger partial charge < -0.3 is 4.90 Å². The molecule has 2 aromatic rings. The number of rotatable bonds is 5. The molecule has 0 aliphatic rings. The molecule has 21 heavy (non-hydrogen) atoms. The molecule has 0 saturated heterocycles. The third-order valence-corrected chi connectivity index (χ3v) is 4.73. The Bertz CT molecular complexity index is 619. The van der Waals surface area contributed by atoms with Gasteiger partial charge in [0.25, 0.3) is 5.91 Å². The van der Waals surface area contributed by atoms with Crippen LogP contribution in [-0.4, -0.2) is 22.7 Å². The summed E-state index contributed by atoms with van der Waals surface area (Å²) < 4.78 is 1.89. The SMILES string of the molecule is O=C(c1cc(I)ccc1Br)N(CCBr)Cc1ccccc1. The van der Waals surface area contributed by atoms with Crippen molar-refractivity contribution in [1.82, 2.24) is 4.90 Å². The van der Waals surface area contributed by atoms with Gasteiger partial charge >= 0.3 is 0 Å². The Kier molecular flexibility index (Phi) is 6.70. The van der Waals surface area contributed by atoms with Gasteiger partial charge in [-0.3, -0.25) is 4.79 Å². The first-order valence-electron chi connectivity index (χ1n) is 6.46. The van der Waals surface area contributed by atoms with Crippen LogP contribution in [0.4, 0.5) is 0 Å². The van der Waals surface area contributed by atoms with Crippen molar-refractivity contribution < 1.29 is 4.79 Å². The van der Waals surface area contributed by atoms with Gasteiger partial charge in [-0.2, -0.15) is 0 Å². The van der Waals surface area contributed by atoms with Crippen LogP contribution in [0.5, 0.6) is 0 Å². The molecule has 1 amide bonds. The normalized spacial score (nSPS) is 10.4. The number of alkyl halides is 1. The summed E-state index contributed by atoms with van der Waals surface area (Å²) in [4.78, 5) is 14.6. The van der Waals surface area contributed by atoms with E-state index in [0.29, 0.717) is 18.7 Å². The maximum atomic E-state index is 12.8. The van der Waals surface area contributed by atoms with Gasteiger partial charge in [0.1, 0.15) is 0 Å². The van der Waals surface area contributed by atoms with E-state index in [1.165, 1.54) is 0 Å². The Morgan fingerprint density at radius 1 is 1.14 bits per heavy atom. The van der Waals surface area contributed by atoms with Crippen molar-refractivity contribution in [1.29, 1.82) is 0 Å². The Morgan fingerprint density at radius 2 is 1.86 bits per heavy atom. The number of amides is 1. The van der Waals surface area contributed by atoms with Crippen molar-refractivity contribution in [2.24, 2.45) is 0 Å². The summed E-state index contributed by atoms with van der Waals surface area (Å²) >= 11 is 9.13. The molecule has 2 rings (SSSR count). The van der Waals surface area contributed by atoms with E-state index in [2.05, 4.69) is 54.5 Å². The number of nitrogens with zero attached hydrogens (tertiary/aromatic N) is 1. The number of halogens is 3. The highest BCUT2D eigenvalue weighted by Gasteiger charge is 2.18. The lowest BCUT2D eigenvalue weighted by Gasteiger charge is -2.22. The summed E-state index contributed by atoms with van der Waals surface area (Å²) in [5.74, 6) is 0.0451. The molecule has 0 bridgehead atoms. The number of hydrogen-bond acceptors (Lipinski definition) is 1. The van der Waals surface area contributed by atoms with E-state index in [-0.39, 0.29) is 5.91 Å². The first-order chi connectivity index (χ1) is 10.1. The van der Waals surface area contributed by atoms with Crippen LogP contribution in [0.15, 0.2) is 53.0 Å². The number of benzene rings is 2. The summed E-state index contributed by atoms with van der Waals surface area (Å²) in [5.41, 5.74) is 1.84. The molecule has 5 heteroatoms. The minimum absolute atomic E-state index is 0.0451. The molecule has 2 nitrogen and oxygen atoms in total. The van der Waals surface area contributed by atoms with Crippen molar-refractivity contribution >= 4 is 60.4 Å². The molecule has 0 atom stereocenters. The molecule has 110 valence electrons. The van der Waals surface area contributed by atoms with Gasteiger partial charge in [-0.1, -0.05) is 46.3 Å². The first-order valence-corrected chi connectivity index (χ1v) is 9.45. The molecule has 0 N–H and O–H groups in total. The quantitative estimate of drug-likeness (QED) is 0.396. The smallest absolute Gasteiger partial charge is 0.255 e. The third-order valence-electron chi connectivity index (χ3n) is 3.02. The Hall–Kier alpha value is -0.400. The van der Waals surface area contributed by atoms with E-state index in [0.717, 1.165) is 18.9 Å². The Labute approximate surface area is 155 Å². The van der Waals surface area contributed by atoms with Gasteiger partial charge in [-0.05, 0) is 62.3 Å². The summed E-state index contributed by atoms with van der Waals surface area (Å²) in [5, 5.41) is 0.757. The minimum atomic E-state index is 0.0451. The first kappa shape index (κ1) is 17.0. The summed E-state index contributed by atoms with van der Waals surface area (Å²) in [6.45, 7) is 1.29. The van der Waals surface area contributed by atoms with Gasteiger partial charge in [0.05, 0.1) is 5.56 Å². The average Bonchev–Trinajstić information content (AvgIpc) is 2.49. The van der Waals surface area contributed by atoms with E-state index in [1.807, 2.05) is 53.4 Å². The molecule has 0 aliphatic heterocycles. The molecular formula is C16H14Br2INO. The molecular weight excluding hydrogens is 509 g/mol. The number of hydrogen-bond donors (Lipinski definition) is 0. The molecule has 2 aromatic carbocycles. The molecule has 0 spiro atoms. The number of carbonyl (C=O) groups is 1. The fourth-order valence-corrected chi connectivity index (χ4v) is 3.33. The van der Waals surface area contributed by atoms with Crippen molar-refractivity contribution in [3.63, 3.8) is 0 Å². The van der Waals surface area contributed by atoms with Gasteiger partial charge in [0.2, 0.25) is 0 Å². The van der Waals surface area contributed by atoms with Crippen molar-refractivity contribution in [2.75, 3.05) is 11.9 Å². The lowest BCUT2D eigenvalue weighted by molar-refractivity contribution is 0.0753. The fourth-order valence-electron chi connectivity index (χ4n) is 1.99. The van der Waals surface area contributed by atoms with Crippen LogP contribution in [0.2, 0.25) is 0 Å². The van der Waals surface area contributed by atoms with Crippen LogP contribution < -0.4 is 0 Å². The summed E-state index contributed by atoms with van der Waals surface area (Å²) in [6, 6.07) is 15.9. The Balaban J connectivity index is 2.25. The predicted octanol–water partition coefficient (Wildman–Crippen LogP) is 5.09. The lowest BCUT2D eigenvalue weighted by Crippen LogP contribution is -2.32. The molecule has 0 aliphatic carbocycles. The van der Waals surface area contributed by atoms with Crippen LogP contribution in [0, 0.1) is 3.57 Å². The van der Waals surface area contributed by atoms with Crippen molar-refractivity contribution in [3.8, 4) is 0 Å². The molecule has 0 heterocycles. The van der Waals surface area contributed by atoms with Crippen LogP contribution in [0.25, 0.3) is 0 Å². The summed E-state index contributed by atoms with van der Waals surface area (Å²) in [6.07, 6.45) is 0. The largest absolute Gasteiger partial charge is 0.333 e. The molecule has 0 unspecified atom stereocenters. The van der Waals surface area contributed by atoms with Gasteiger partial charge in [0.15, 0.2) is 0 Å². The molecule has 0 fully saturated rings. The highest BCUT2D eigenvalue weighted by molar-refractivity contribution is 14.1. The summed E-state index contributed by atoms with van der Waals surface area (Å²) in [7, 11) is 0. The highest BCUT2D eigenvalue weighted by Crippen LogP contribution is 2.22. The highest BCUT2D eigenvalue weighted by atomic mass is 127. The molecule has 0 saturated carbocycles. The zero-order valence-electron chi connectivity index (χ0n) is 11.2. The van der Waals surface area contributed by atoms with Gasteiger partial charge in [-0.25, -0.2) is 0 Å². The van der Waals surface area contributed by atoms with E-state index in [4.69, 9.17) is 0 Å². The van der Waals surface area contributed by atoms with Crippen molar-refractivity contribution in [2.45, 2.75) is 6.54 Å². The van der Waals surface area contributed by atoms with Crippen molar-refractivity contribution in [3.05, 3.63) is 67.7 Å². The molecule has 0 aromatic heterocycles.